The Hall–Kier alpha value is -1.72. The van der Waals surface area contributed by atoms with Crippen molar-refractivity contribution < 1.29 is 4.79 Å². The summed E-state index contributed by atoms with van der Waals surface area (Å²) in [6.45, 7) is 5.39. The van der Waals surface area contributed by atoms with Crippen LogP contribution in [-0.2, 0) is 17.8 Å². The Morgan fingerprint density at radius 2 is 1.96 bits per heavy atom. The van der Waals surface area contributed by atoms with Crippen LogP contribution in [0, 0.1) is 18.8 Å². The first-order chi connectivity index (χ1) is 13.2. The van der Waals surface area contributed by atoms with Gasteiger partial charge in [-0.2, -0.15) is 0 Å². The first-order valence-electron chi connectivity index (χ1n) is 10.2. The van der Waals surface area contributed by atoms with Gasteiger partial charge in [-0.15, -0.1) is 11.3 Å². The molecule has 2 unspecified atom stereocenters. The van der Waals surface area contributed by atoms with Gasteiger partial charge in [-0.25, -0.2) is 4.98 Å². The minimum absolute atomic E-state index is 0.00257. The van der Waals surface area contributed by atoms with E-state index in [1.54, 1.807) is 11.3 Å². The van der Waals surface area contributed by atoms with Crippen molar-refractivity contribution in [3.05, 3.63) is 45.9 Å². The number of nitrogens with zero attached hydrogens (tertiary/aromatic N) is 2. The molecular formula is C22H29N3OS. The Morgan fingerprint density at radius 3 is 2.78 bits per heavy atom. The summed E-state index contributed by atoms with van der Waals surface area (Å²) in [5, 5.41) is 5.99. The van der Waals surface area contributed by atoms with E-state index in [4.69, 9.17) is 4.98 Å². The zero-order valence-corrected chi connectivity index (χ0v) is 16.9. The molecule has 1 amide bonds. The van der Waals surface area contributed by atoms with E-state index >= 15 is 0 Å². The van der Waals surface area contributed by atoms with E-state index in [2.05, 4.69) is 15.6 Å². The predicted octanol–water partition coefficient (Wildman–Crippen LogP) is 4.64. The molecule has 2 aromatic rings. The molecule has 0 spiro atoms. The summed E-state index contributed by atoms with van der Waals surface area (Å²) in [4.78, 5) is 19.6. The second-order valence-corrected chi connectivity index (χ2v) is 9.09. The molecule has 1 N–H and O–H groups in total. The summed E-state index contributed by atoms with van der Waals surface area (Å²) in [7, 11) is 0. The monoisotopic (exact) mass is 383 g/mol. The van der Waals surface area contributed by atoms with Crippen molar-refractivity contribution in [2.45, 2.75) is 52.0 Å². The molecule has 0 bridgehead atoms. The van der Waals surface area contributed by atoms with E-state index < -0.39 is 0 Å². The number of amides is 1. The fraction of sp³-hybridized carbons (Fsp3) is 0.545. The highest BCUT2D eigenvalue weighted by Gasteiger charge is 2.31. The minimum Gasteiger partial charge on any atom is -0.326 e. The third-order valence-electron chi connectivity index (χ3n) is 6.01. The number of aryl methyl sites for hydroxylation is 1. The number of aromatic nitrogens is 1. The number of nitrogens with one attached hydrogen (secondary N) is 1. The zero-order valence-electron chi connectivity index (χ0n) is 16.1. The van der Waals surface area contributed by atoms with Gasteiger partial charge in [0.05, 0.1) is 12.1 Å². The normalized spacial score (nSPS) is 23.0. The highest BCUT2D eigenvalue weighted by Crippen LogP contribution is 2.36. The molecular weight excluding hydrogens is 354 g/mol. The maximum Gasteiger partial charge on any atom is 0.231 e. The van der Waals surface area contributed by atoms with E-state index in [1.165, 1.54) is 50.8 Å². The van der Waals surface area contributed by atoms with Crippen molar-refractivity contribution in [3.63, 3.8) is 0 Å². The maximum absolute atomic E-state index is 12.3. The summed E-state index contributed by atoms with van der Waals surface area (Å²) in [6.07, 6.45) is 7.38. The van der Waals surface area contributed by atoms with E-state index in [-0.39, 0.29) is 5.91 Å². The van der Waals surface area contributed by atoms with Crippen LogP contribution >= 0.6 is 11.3 Å². The number of likely N-dealkylation sites (tertiary alicyclic amines) is 1. The Kier molecular flexibility index (Phi) is 5.89. The van der Waals surface area contributed by atoms with Crippen LogP contribution in [-0.4, -0.2) is 28.9 Å². The lowest BCUT2D eigenvalue weighted by Gasteiger charge is -2.41. The fourth-order valence-corrected chi connectivity index (χ4v) is 5.31. The summed E-state index contributed by atoms with van der Waals surface area (Å²) in [5.74, 6) is 1.86. The van der Waals surface area contributed by atoms with Crippen LogP contribution in [0.1, 0.15) is 48.4 Å². The molecule has 1 aliphatic carbocycles. The van der Waals surface area contributed by atoms with Crippen LogP contribution < -0.4 is 5.32 Å². The van der Waals surface area contributed by atoms with Crippen LogP contribution in [0.4, 0.5) is 5.69 Å². The smallest absolute Gasteiger partial charge is 0.231 e. The minimum atomic E-state index is 0.00257. The van der Waals surface area contributed by atoms with Gasteiger partial charge in [0, 0.05) is 24.2 Å². The van der Waals surface area contributed by atoms with Gasteiger partial charge in [0.25, 0.3) is 0 Å². The standard InChI is InChI=1S/C22H29N3OS/c1-16-6-8-19(9-7-16)23-21(26)12-22-24-20(15-27-22)14-25-11-10-17-4-2-3-5-18(17)13-25/h6-9,15,17-18H,2-5,10-14H2,1H3,(H,23,26). The highest BCUT2D eigenvalue weighted by atomic mass is 32.1. The van der Waals surface area contributed by atoms with E-state index in [0.29, 0.717) is 6.42 Å². The Morgan fingerprint density at radius 1 is 1.19 bits per heavy atom. The molecule has 1 aliphatic heterocycles. The zero-order chi connectivity index (χ0) is 18.6. The van der Waals surface area contributed by atoms with Gasteiger partial charge in [-0.1, -0.05) is 37.0 Å². The summed E-state index contributed by atoms with van der Waals surface area (Å²) in [6, 6.07) is 7.89. The molecule has 4 rings (SSSR count). The largest absolute Gasteiger partial charge is 0.326 e. The first kappa shape index (κ1) is 18.6. The lowest BCUT2D eigenvalue weighted by Crippen LogP contribution is -2.41. The summed E-state index contributed by atoms with van der Waals surface area (Å²) >= 11 is 1.60. The Labute approximate surface area is 166 Å². The number of hydrogen-bond donors (Lipinski definition) is 1. The number of thiazole rings is 1. The van der Waals surface area contributed by atoms with E-state index in [9.17, 15) is 4.79 Å². The quantitative estimate of drug-likeness (QED) is 0.818. The van der Waals surface area contributed by atoms with Crippen molar-refractivity contribution in [2.75, 3.05) is 18.4 Å². The Bertz CT molecular complexity index is 770. The number of carbonyl (C=O) groups excluding carboxylic acids is 1. The molecule has 1 saturated carbocycles. The number of fused-ring (bicyclic) bond motifs is 1. The van der Waals surface area contributed by atoms with Crippen LogP contribution in [0.5, 0.6) is 0 Å². The van der Waals surface area contributed by atoms with Crippen molar-refractivity contribution in [3.8, 4) is 0 Å². The van der Waals surface area contributed by atoms with Crippen LogP contribution in [0.25, 0.3) is 0 Å². The molecule has 4 nitrogen and oxygen atoms in total. The number of rotatable bonds is 5. The Balaban J connectivity index is 1.28. The van der Waals surface area contributed by atoms with E-state index in [1.807, 2.05) is 31.2 Å². The molecule has 1 saturated heterocycles. The number of carbonyl (C=O) groups is 1. The van der Waals surface area contributed by atoms with Crippen molar-refractivity contribution in [1.29, 1.82) is 0 Å². The lowest BCUT2D eigenvalue weighted by molar-refractivity contribution is -0.115. The first-order valence-corrected chi connectivity index (χ1v) is 11.1. The lowest BCUT2D eigenvalue weighted by atomic mass is 9.75. The molecule has 2 aliphatic rings. The average Bonchev–Trinajstić information content (AvgIpc) is 3.10. The summed E-state index contributed by atoms with van der Waals surface area (Å²) in [5.41, 5.74) is 3.15. The number of hydrogen-bond acceptors (Lipinski definition) is 4. The molecule has 2 atom stereocenters. The van der Waals surface area contributed by atoms with Gasteiger partial charge in [0.1, 0.15) is 5.01 Å². The molecule has 1 aromatic heterocycles. The molecule has 2 heterocycles. The SMILES string of the molecule is Cc1ccc(NC(=O)Cc2nc(CN3CCC4CCCCC4C3)cs2)cc1. The van der Waals surface area contributed by atoms with Crippen molar-refractivity contribution >= 4 is 22.9 Å². The molecule has 0 radical (unpaired) electrons. The van der Waals surface area contributed by atoms with Gasteiger partial charge < -0.3 is 5.32 Å². The second-order valence-electron chi connectivity index (χ2n) is 8.15. The molecule has 1 aromatic carbocycles. The summed E-state index contributed by atoms with van der Waals surface area (Å²) < 4.78 is 0. The van der Waals surface area contributed by atoms with Crippen LogP contribution in [0.2, 0.25) is 0 Å². The van der Waals surface area contributed by atoms with Gasteiger partial charge in [0.15, 0.2) is 0 Å². The predicted molar refractivity (Wildman–Crippen MR) is 111 cm³/mol. The highest BCUT2D eigenvalue weighted by molar-refractivity contribution is 7.09. The van der Waals surface area contributed by atoms with Crippen LogP contribution in [0.3, 0.4) is 0 Å². The van der Waals surface area contributed by atoms with Gasteiger partial charge in [0.2, 0.25) is 5.91 Å². The topological polar surface area (TPSA) is 45.2 Å². The number of benzene rings is 1. The van der Waals surface area contributed by atoms with Crippen LogP contribution in [0.15, 0.2) is 29.6 Å². The second kappa shape index (κ2) is 8.53. The maximum atomic E-state index is 12.3. The molecule has 27 heavy (non-hydrogen) atoms. The third-order valence-corrected chi connectivity index (χ3v) is 6.90. The third kappa shape index (κ3) is 4.96. The van der Waals surface area contributed by atoms with Gasteiger partial charge >= 0.3 is 0 Å². The molecule has 2 fully saturated rings. The van der Waals surface area contributed by atoms with Crippen molar-refractivity contribution in [2.24, 2.45) is 11.8 Å². The van der Waals surface area contributed by atoms with Gasteiger partial charge in [-0.05, 0) is 50.3 Å². The van der Waals surface area contributed by atoms with Crippen molar-refractivity contribution in [1.82, 2.24) is 9.88 Å². The number of piperidine rings is 1. The molecule has 144 valence electrons. The average molecular weight is 384 g/mol. The number of anilines is 1. The fourth-order valence-electron chi connectivity index (χ4n) is 4.53. The van der Waals surface area contributed by atoms with Gasteiger partial charge in [-0.3, -0.25) is 9.69 Å². The molecule has 5 heteroatoms. The van der Waals surface area contributed by atoms with E-state index in [0.717, 1.165) is 34.8 Å².